The molecule has 0 radical (unpaired) electrons. The molecule has 0 saturated carbocycles. The van der Waals surface area contributed by atoms with Crippen LogP contribution in [0, 0.1) is 0 Å². The number of benzene rings is 2. The highest BCUT2D eigenvalue weighted by Crippen LogP contribution is 2.32. The van der Waals surface area contributed by atoms with E-state index in [-0.39, 0.29) is 11.7 Å². The van der Waals surface area contributed by atoms with Crippen LogP contribution in [0.3, 0.4) is 0 Å². The first-order chi connectivity index (χ1) is 18.9. The maximum atomic E-state index is 13.9. The third-order valence-electron chi connectivity index (χ3n) is 7.00. The second-order valence-electron chi connectivity index (χ2n) is 10.2. The Labute approximate surface area is 232 Å². The molecule has 5 rings (SSSR count). The Morgan fingerprint density at radius 2 is 1.77 bits per heavy atom. The molecule has 0 aliphatic carbocycles. The van der Waals surface area contributed by atoms with E-state index in [9.17, 15) is 9.59 Å². The van der Waals surface area contributed by atoms with Gasteiger partial charge in [-0.3, -0.25) is 9.36 Å². The average Bonchev–Trinajstić information content (AvgIpc) is 3.23. The third kappa shape index (κ3) is 5.71. The van der Waals surface area contributed by atoms with Crippen molar-refractivity contribution < 1.29 is 14.3 Å². The van der Waals surface area contributed by atoms with Gasteiger partial charge in [-0.2, -0.15) is 0 Å². The van der Waals surface area contributed by atoms with Gasteiger partial charge in [-0.1, -0.05) is 35.6 Å². The summed E-state index contributed by atoms with van der Waals surface area (Å²) < 4.78 is 13.4. The second kappa shape index (κ2) is 11.6. The summed E-state index contributed by atoms with van der Waals surface area (Å²) >= 11 is 1.34. The van der Waals surface area contributed by atoms with Crippen molar-refractivity contribution in [2.24, 2.45) is 4.99 Å². The highest BCUT2D eigenvalue weighted by atomic mass is 32.1. The number of hydrogen-bond acceptors (Lipinski definition) is 7. The largest absolute Gasteiger partial charge is 0.494 e. The van der Waals surface area contributed by atoms with Gasteiger partial charge in [0.2, 0.25) is 0 Å². The molecule has 2 aromatic carbocycles. The normalized spacial score (nSPS) is 17.7. The van der Waals surface area contributed by atoms with Crippen LogP contribution in [0.2, 0.25) is 0 Å². The number of nitrogens with zero attached hydrogens (tertiary/aromatic N) is 3. The highest BCUT2D eigenvalue weighted by molar-refractivity contribution is 7.07. The molecule has 3 aromatic rings. The summed E-state index contributed by atoms with van der Waals surface area (Å²) in [5.41, 5.74) is 3.71. The Morgan fingerprint density at radius 3 is 2.41 bits per heavy atom. The van der Waals surface area contributed by atoms with Gasteiger partial charge >= 0.3 is 5.97 Å². The lowest BCUT2D eigenvalue weighted by Gasteiger charge is -2.28. The molecule has 7 nitrogen and oxygen atoms in total. The molecule has 8 heteroatoms. The summed E-state index contributed by atoms with van der Waals surface area (Å²) in [6.07, 6.45) is 5.36. The Kier molecular flexibility index (Phi) is 8.02. The minimum Gasteiger partial charge on any atom is -0.494 e. The van der Waals surface area contributed by atoms with E-state index in [4.69, 9.17) is 9.47 Å². The topological polar surface area (TPSA) is 73.1 Å². The van der Waals surface area contributed by atoms with Crippen molar-refractivity contribution in [3.63, 3.8) is 0 Å². The predicted molar refractivity (Wildman–Crippen MR) is 155 cm³/mol. The van der Waals surface area contributed by atoms with Crippen LogP contribution < -0.4 is 24.5 Å². The number of allylic oxidation sites excluding steroid dienone is 1. The summed E-state index contributed by atoms with van der Waals surface area (Å²) in [6.45, 7) is 10.1. The second-order valence-corrected chi connectivity index (χ2v) is 11.2. The number of thiazole rings is 1. The molecule has 2 aliphatic heterocycles. The first-order valence-corrected chi connectivity index (χ1v) is 14.5. The van der Waals surface area contributed by atoms with Gasteiger partial charge in [-0.05, 0) is 88.4 Å². The van der Waals surface area contributed by atoms with E-state index < -0.39 is 12.0 Å². The van der Waals surface area contributed by atoms with E-state index >= 15 is 0 Å². The number of fused-ring (bicyclic) bond motifs is 1. The van der Waals surface area contributed by atoms with Gasteiger partial charge in [0.25, 0.3) is 5.56 Å². The first-order valence-electron chi connectivity index (χ1n) is 13.7. The predicted octanol–water partition coefficient (Wildman–Crippen LogP) is 4.58. The zero-order chi connectivity index (χ0) is 27.5. The molecule has 3 heterocycles. The van der Waals surface area contributed by atoms with Crippen molar-refractivity contribution in [3.05, 3.63) is 90.6 Å². The van der Waals surface area contributed by atoms with Gasteiger partial charge < -0.3 is 14.4 Å². The number of carbonyl (C=O) groups excluding carboxylic acids is 1. The number of aromatic nitrogens is 1. The van der Waals surface area contributed by atoms with Crippen LogP contribution in [0.5, 0.6) is 5.75 Å². The molecule has 2 aliphatic rings. The van der Waals surface area contributed by atoms with E-state index in [0.717, 1.165) is 30.0 Å². The van der Waals surface area contributed by atoms with Crippen LogP contribution in [0.25, 0.3) is 6.08 Å². The van der Waals surface area contributed by atoms with Crippen molar-refractivity contribution in [2.45, 2.75) is 59.1 Å². The monoisotopic (exact) mass is 545 g/mol. The zero-order valence-corrected chi connectivity index (χ0v) is 23.8. The fraction of sp³-hybridized carbons (Fsp3) is 0.387. The summed E-state index contributed by atoms with van der Waals surface area (Å²) in [6, 6.07) is 15.2. The standard InChI is InChI=1S/C31H35N3O4S/c1-5-37-25-15-11-23(12-16-25)28-27(30(36)38-20(2)3)21(4)32-31-34(28)29(35)26(39-31)19-22-9-13-24(14-10-22)33-17-7-6-8-18-33/h9-16,19-20,28H,5-8,17-18H2,1-4H3/b26-19-/t28-/m1/s1. The van der Waals surface area contributed by atoms with Crippen LogP contribution in [0.15, 0.2) is 69.6 Å². The SMILES string of the molecule is CCOc1ccc([C@@H]2C(C(=O)OC(C)C)=C(C)N=c3s/c(=C\c4ccc(N5CCCCC5)cc4)c(=O)n32)cc1. The lowest BCUT2D eigenvalue weighted by Crippen LogP contribution is -2.40. The molecular formula is C31H35N3O4S. The maximum absolute atomic E-state index is 13.9. The van der Waals surface area contributed by atoms with Crippen molar-refractivity contribution in [1.29, 1.82) is 0 Å². The molecule has 0 bridgehead atoms. The van der Waals surface area contributed by atoms with Gasteiger partial charge in [0.1, 0.15) is 5.75 Å². The van der Waals surface area contributed by atoms with Gasteiger partial charge in [0.05, 0.1) is 34.6 Å². The fourth-order valence-electron chi connectivity index (χ4n) is 5.17. The average molecular weight is 546 g/mol. The fourth-order valence-corrected chi connectivity index (χ4v) is 6.22. The zero-order valence-electron chi connectivity index (χ0n) is 23.0. The van der Waals surface area contributed by atoms with E-state index in [2.05, 4.69) is 34.2 Å². The van der Waals surface area contributed by atoms with Crippen molar-refractivity contribution in [2.75, 3.05) is 24.6 Å². The van der Waals surface area contributed by atoms with Gasteiger partial charge in [-0.25, -0.2) is 9.79 Å². The molecule has 1 aromatic heterocycles. The van der Waals surface area contributed by atoms with Crippen molar-refractivity contribution in [1.82, 2.24) is 4.57 Å². The molecule has 1 fully saturated rings. The van der Waals surface area contributed by atoms with Crippen molar-refractivity contribution in [3.8, 4) is 5.75 Å². The summed E-state index contributed by atoms with van der Waals surface area (Å²) in [5.74, 6) is 0.265. The maximum Gasteiger partial charge on any atom is 0.338 e. The Balaban J connectivity index is 1.57. The van der Waals surface area contributed by atoms with E-state index in [0.29, 0.717) is 27.2 Å². The number of ether oxygens (including phenoxy) is 2. The van der Waals surface area contributed by atoms with Crippen LogP contribution >= 0.6 is 11.3 Å². The number of hydrogen-bond donors (Lipinski definition) is 0. The molecule has 1 atom stereocenters. The minimum atomic E-state index is -0.646. The lowest BCUT2D eigenvalue weighted by atomic mass is 9.96. The van der Waals surface area contributed by atoms with Crippen LogP contribution in [0.1, 0.15) is 64.1 Å². The summed E-state index contributed by atoms with van der Waals surface area (Å²) in [4.78, 5) is 34.8. The molecule has 0 amide bonds. The Hall–Kier alpha value is -3.65. The van der Waals surface area contributed by atoms with Crippen molar-refractivity contribution >= 4 is 29.1 Å². The number of piperidine rings is 1. The number of esters is 1. The molecular weight excluding hydrogens is 510 g/mol. The highest BCUT2D eigenvalue weighted by Gasteiger charge is 2.33. The van der Waals surface area contributed by atoms with Gasteiger partial charge in [0.15, 0.2) is 4.80 Å². The quantitative estimate of drug-likeness (QED) is 0.407. The van der Waals surface area contributed by atoms with E-state index in [1.807, 2.05) is 51.1 Å². The Bertz CT molecular complexity index is 1540. The van der Waals surface area contributed by atoms with E-state index in [1.165, 1.54) is 36.3 Å². The number of carbonyl (C=O) groups is 1. The van der Waals surface area contributed by atoms with Crippen LogP contribution in [-0.2, 0) is 9.53 Å². The molecule has 0 unspecified atom stereocenters. The Morgan fingerprint density at radius 1 is 1.08 bits per heavy atom. The smallest absolute Gasteiger partial charge is 0.338 e. The van der Waals surface area contributed by atoms with E-state index in [1.54, 1.807) is 11.5 Å². The number of rotatable bonds is 7. The van der Waals surface area contributed by atoms with Gasteiger partial charge in [0, 0.05) is 18.8 Å². The van der Waals surface area contributed by atoms with Crippen LogP contribution in [-0.4, -0.2) is 36.3 Å². The number of anilines is 1. The molecule has 204 valence electrons. The molecule has 0 N–H and O–H groups in total. The summed E-state index contributed by atoms with van der Waals surface area (Å²) in [5, 5.41) is 0. The molecule has 1 saturated heterocycles. The molecule has 0 spiro atoms. The minimum absolute atomic E-state index is 0.180. The lowest BCUT2D eigenvalue weighted by molar-refractivity contribution is -0.143. The summed E-state index contributed by atoms with van der Waals surface area (Å²) in [7, 11) is 0. The third-order valence-corrected chi connectivity index (χ3v) is 7.99. The van der Waals surface area contributed by atoms with Gasteiger partial charge in [-0.15, -0.1) is 0 Å². The molecule has 39 heavy (non-hydrogen) atoms. The van der Waals surface area contributed by atoms with Crippen LogP contribution in [0.4, 0.5) is 5.69 Å². The first kappa shape index (κ1) is 26.9.